The Morgan fingerprint density at radius 3 is 2.20 bits per heavy atom. The van der Waals surface area contributed by atoms with Gasteiger partial charge in [0.15, 0.2) is 0 Å². The summed E-state index contributed by atoms with van der Waals surface area (Å²) < 4.78 is 63.0. The fourth-order valence-electron chi connectivity index (χ4n) is 2.26. The van der Waals surface area contributed by atoms with E-state index in [-0.39, 0.29) is 44.3 Å². The van der Waals surface area contributed by atoms with Gasteiger partial charge in [-0.15, -0.1) is 0 Å². The Morgan fingerprint density at radius 2 is 1.75 bits per heavy atom. The Balaban J connectivity index is 2.37. The van der Waals surface area contributed by atoms with Gasteiger partial charge in [0.1, 0.15) is 0 Å². The molecule has 1 rings (SSSR count). The summed E-state index contributed by atoms with van der Waals surface area (Å²) in [6.45, 7) is 0. The molecule has 5 nitrogen and oxygen atoms in total. The molecule has 9 heteroatoms. The van der Waals surface area contributed by atoms with Crippen molar-refractivity contribution in [3.8, 4) is 0 Å². The highest BCUT2D eigenvalue weighted by molar-refractivity contribution is 7.89. The van der Waals surface area contributed by atoms with Gasteiger partial charge in [0.2, 0.25) is 10.0 Å². The van der Waals surface area contributed by atoms with E-state index in [0.717, 1.165) is 0 Å². The van der Waals surface area contributed by atoms with E-state index in [0.29, 0.717) is 0 Å². The van der Waals surface area contributed by atoms with Crippen molar-refractivity contribution in [1.29, 1.82) is 0 Å². The quantitative estimate of drug-likeness (QED) is 0.783. The molecule has 0 aromatic carbocycles. The van der Waals surface area contributed by atoms with Crippen LogP contribution in [0.3, 0.4) is 0 Å². The van der Waals surface area contributed by atoms with E-state index in [1.165, 1.54) is 0 Å². The van der Waals surface area contributed by atoms with Crippen molar-refractivity contribution in [2.75, 3.05) is 5.75 Å². The predicted octanol–water partition coefficient (Wildman–Crippen LogP) is 1.89. The summed E-state index contributed by atoms with van der Waals surface area (Å²) in [7, 11) is -3.62. The van der Waals surface area contributed by atoms with Crippen molar-refractivity contribution >= 4 is 16.0 Å². The van der Waals surface area contributed by atoms with Gasteiger partial charge >= 0.3 is 12.1 Å². The minimum atomic E-state index is -4.22. The normalized spacial score (nSPS) is 24.6. The van der Waals surface area contributed by atoms with Crippen molar-refractivity contribution in [3.63, 3.8) is 0 Å². The zero-order chi connectivity index (χ0) is 15.4. The van der Waals surface area contributed by atoms with Crippen molar-refractivity contribution < 1.29 is 31.5 Å². The highest BCUT2D eigenvalue weighted by Crippen LogP contribution is 2.37. The van der Waals surface area contributed by atoms with Crippen molar-refractivity contribution in [1.82, 2.24) is 4.72 Å². The molecular weight excluding hydrogens is 299 g/mol. The third-order valence-corrected chi connectivity index (χ3v) is 4.86. The molecule has 1 aliphatic rings. The first-order valence-electron chi connectivity index (χ1n) is 6.38. The van der Waals surface area contributed by atoms with Gasteiger partial charge in [-0.25, -0.2) is 13.1 Å². The topological polar surface area (TPSA) is 83.5 Å². The van der Waals surface area contributed by atoms with Crippen molar-refractivity contribution in [2.45, 2.75) is 50.7 Å². The standard InChI is InChI=1S/C11H18F3NO4S/c12-11(13,14)8-3-5-9(6-4-8)15-20(18,19)7-1-2-10(16)17/h8-9,15H,1-7H2,(H,16,17). The summed E-state index contributed by atoms with van der Waals surface area (Å²) in [5.41, 5.74) is 0. The molecule has 118 valence electrons. The largest absolute Gasteiger partial charge is 0.481 e. The third-order valence-electron chi connectivity index (χ3n) is 3.34. The van der Waals surface area contributed by atoms with Crippen LogP contribution in [0.4, 0.5) is 13.2 Å². The van der Waals surface area contributed by atoms with Crippen LogP contribution in [0, 0.1) is 5.92 Å². The summed E-state index contributed by atoms with van der Waals surface area (Å²) >= 11 is 0. The van der Waals surface area contributed by atoms with Gasteiger partial charge in [-0.2, -0.15) is 13.2 Å². The first-order chi connectivity index (χ1) is 9.10. The molecular formula is C11H18F3NO4S. The first-order valence-corrected chi connectivity index (χ1v) is 8.04. The van der Waals surface area contributed by atoms with E-state index in [4.69, 9.17) is 5.11 Å². The molecule has 1 aliphatic carbocycles. The fourth-order valence-corrected chi connectivity index (χ4v) is 3.65. The average molecular weight is 317 g/mol. The maximum absolute atomic E-state index is 12.5. The van der Waals surface area contributed by atoms with E-state index < -0.39 is 34.1 Å². The third kappa shape index (κ3) is 6.08. The predicted molar refractivity (Wildman–Crippen MR) is 65.6 cm³/mol. The van der Waals surface area contributed by atoms with Crippen LogP contribution in [0.1, 0.15) is 38.5 Å². The highest BCUT2D eigenvalue weighted by Gasteiger charge is 2.41. The molecule has 0 bridgehead atoms. The minimum absolute atomic E-state index is 0.0113. The Hall–Kier alpha value is -0.830. The molecule has 0 saturated heterocycles. The summed E-state index contributed by atoms with van der Waals surface area (Å²) in [5.74, 6) is -2.75. The van der Waals surface area contributed by atoms with Gasteiger partial charge < -0.3 is 5.11 Å². The molecule has 0 atom stereocenters. The van der Waals surface area contributed by atoms with Crippen LogP contribution in [0.2, 0.25) is 0 Å². The lowest BCUT2D eigenvalue weighted by Gasteiger charge is -2.30. The number of rotatable bonds is 6. The molecule has 2 N–H and O–H groups in total. The number of aliphatic carboxylic acids is 1. The SMILES string of the molecule is O=C(O)CCCS(=O)(=O)NC1CCC(C(F)(F)F)CC1. The Bertz CT molecular complexity index is 427. The number of hydrogen-bond donors (Lipinski definition) is 2. The molecule has 0 unspecified atom stereocenters. The molecule has 0 heterocycles. The zero-order valence-electron chi connectivity index (χ0n) is 10.8. The van der Waals surface area contributed by atoms with Crippen LogP contribution in [0.5, 0.6) is 0 Å². The van der Waals surface area contributed by atoms with Crippen LogP contribution in [-0.2, 0) is 14.8 Å². The van der Waals surface area contributed by atoms with Gasteiger partial charge in [0, 0.05) is 12.5 Å². The van der Waals surface area contributed by atoms with Gasteiger partial charge in [0.25, 0.3) is 0 Å². The highest BCUT2D eigenvalue weighted by atomic mass is 32.2. The van der Waals surface area contributed by atoms with Crippen LogP contribution in [0.25, 0.3) is 0 Å². The van der Waals surface area contributed by atoms with Crippen molar-refractivity contribution in [2.24, 2.45) is 5.92 Å². The molecule has 20 heavy (non-hydrogen) atoms. The van der Waals surface area contributed by atoms with E-state index in [1.54, 1.807) is 0 Å². The minimum Gasteiger partial charge on any atom is -0.481 e. The van der Waals surface area contributed by atoms with Crippen LogP contribution in [0.15, 0.2) is 0 Å². The molecule has 1 saturated carbocycles. The Labute approximate surface area is 115 Å². The first kappa shape index (κ1) is 17.2. The molecule has 1 fully saturated rings. The number of carboxylic acid groups (broad SMARTS) is 1. The molecule has 0 aromatic rings. The summed E-state index contributed by atoms with van der Waals surface area (Å²) in [6.07, 6.45) is -4.32. The van der Waals surface area contributed by atoms with E-state index >= 15 is 0 Å². The molecule has 0 aliphatic heterocycles. The zero-order valence-corrected chi connectivity index (χ0v) is 11.6. The van der Waals surface area contributed by atoms with Crippen LogP contribution >= 0.6 is 0 Å². The monoisotopic (exact) mass is 317 g/mol. The molecule has 0 radical (unpaired) electrons. The maximum atomic E-state index is 12.5. The number of carboxylic acids is 1. The van der Waals surface area contributed by atoms with Crippen molar-refractivity contribution in [3.05, 3.63) is 0 Å². The van der Waals surface area contributed by atoms with Gasteiger partial charge in [-0.05, 0) is 32.1 Å². The van der Waals surface area contributed by atoms with Gasteiger partial charge in [0.05, 0.1) is 11.7 Å². The number of nitrogens with one attached hydrogen (secondary N) is 1. The second kappa shape index (κ2) is 6.75. The van der Waals surface area contributed by atoms with Gasteiger partial charge in [-0.1, -0.05) is 0 Å². The summed E-state index contributed by atoms with van der Waals surface area (Å²) in [5, 5.41) is 8.42. The average Bonchev–Trinajstić information content (AvgIpc) is 2.26. The fraction of sp³-hybridized carbons (Fsp3) is 0.909. The smallest absolute Gasteiger partial charge is 0.391 e. The van der Waals surface area contributed by atoms with E-state index in [1.807, 2.05) is 0 Å². The van der Waals surface area contributed by atoms with Gasteiger partial charge in [-0.3, -0.25) is 4.79 Å². The van der Waals surface area contributed by atoms with E-state index in [9.17, 15) is 26.4 Å². The lowest BCUT2D eigenvalue weighted by Crippen LogP contribution is -2.40. The molecule has 0 amide bonds. The Kier molecular flexibility index (Phi) is 5.81. The summed E-state index contributed by atoms with van der Waals surface area (Å²) in [4.78, 5) is 10.3. The van der Waals surface area contributed by atoms with Crippen LogP contribution < -0.4 is 4.72 Å². The second-order valence-electron chi connectivity index (χ2n) is 5.02. The number of hydrogen-bond acceptors (Lipinski definition) is 3. The molecule has 0 spiro atoms. The number of carbonyl (C=O) groups is 1. The van der Waals surface area contributed by atoms with Crippen LogP contribution in [-0.4, -0.2) is 37.5 Å². The number of alkyl halides is 3. The number of halogens is 3. The lowest BCUT2D eigenvalue weighted by atomic mass is 9.86. The lowest BCUT2D eigenvalue weighted by molar-refractivity contribution is -0.182. The second-order valence-corrected chi connectivity index (χ2v) is 6.90. The van der Waals surface area contributed by atoms with E-state index in [2.05, 4.69) is 4.72 Å². The maximum Gasteiger partial charge on any atom is 0.391 e. The number of sulfonamides is 1. The Morgan fingerprint density at radius 1 is 1.20 bits per heavy atom. The molecule has 0 aromatic heterocycles. The summed E-state index contributed by atoms with van der Waals surface area (Å²) in [6, 6.07) is -0.483.